The van der Waals surface area contributed by atoms with E-state index in [0.717, 1.165) is 20.5 Å². The number of nitrogens with one attached hydrogen (secondary N) is 1. The first-order valence-electron chi connectivity index (χ1n) is 13.3. The minimum atomic E-state index is -0.836. The van der Waals surface area contributed by atoms with Crippen molar-refractivity contribution in [3.05, 3.63) is 122 Å². The van der Waals surface area contributed by atoms with Crippen LogP contribution < -0.4 is 24.4 Å². The molecule has 0 aromatic heterocycles. The maximum absolute atomic E-state index is 13.5. The molecule has 43 heavy (non-hydrogen) atoms. The summed E-state index contributed by atoms with van der Waals surface area (Å²) in [7, 11) is 0. The summed E-state index contributed by atoms with van der Waals surface area (Å²) < 4.78 is 19.2. The van der Waals surface area contributed by atoms with Gasteiger partial charge in [0.15, 0.2) is 11.5 Å². The average molecular weight is 706 g/mol. The van der Waals surface area contributed by atoms with Crippen molar-refractivity contribution < 1.29 is 28.6 Å². The highest BCUT2D eigenvalue weighted by Crippen LogP contribution is 2.38. The van der Waals surface area contributed by atoms with Crippen LogP contribution in [0.1, 0.15) is 23.6 Å². The number of hydrogen-bond acceptors (Lipinski definition) is 6. The summed E-state index contributed by atoms with van der Waals surface area (Å²) >= 11 is 7.07. The average Bonchev–Trinajstić information content (AvgIpc) is 3.00. The van der Waals surface area contributed by atoms with Gasteiger partial charge < -0.3 is 14.2 Å². The lowest BCUT2D eigenvalue weighted by molar-refractivity contribution is -0.122. The molecule has 1 heterocycles. The van der Waals surface area contributed by atoms with Gasteiger partial charge in [-0.2, -0.15) is 0 Å². The Balaban J connectivity index is 1.37. The van der Waals surface area contributed by atoms with Gasteiger partial charge in [-0.05, 0) is 82.5 Å². The zero-order valence-electron chi connectivity index (χ0n) is 23.0. The molecule has 1 saturated heterocycles. The normalized spacial score (nSPS) is 14.1. The van der Waals surface area contributed by atoms with E-state index in [-0.39, 0.29) is 12.2 Å². The fourth-order valence-corrected chi connectivity index (χ4v) is 5.30. The number of rotatable bonds is 10. The number of imide groups is 2. The van der Waals surface area contributed by atoms with Gasteiger partial charge in [-0.25, -0.2) is 9.69 Å². The first kappa shape index (κ1) is 30.1. The Kier molecular flexibility index (Phi) is 9.58. The van der Waals surface area contributed by atoms with E-state index in [1.54, 1.807) is 36.4 Å². The van der Waals surface area contributed by atoms with Gasteiger partial charge in [0.1, 0.15) is 24.5 Å². The molecule has 0 aliphatic carbocycles. The highest BCUT2D eigenvalue weighted by molar-refractivity contribution is 9.10. The number of hydrogen-bond donors (Lipinski definition) is 1. The van der Waals surface area contributed by atoms with Crippen LogP contribution in [0, 0.1) is 0 Å². The molecule has 1 aliphatic heterocycles. The van der Waals surface area contributed by atoms with Crippen LogP contribution in [0.3, 0.4) is 0 Å². The monoisotopic (exact) mass is 704 g/mol. The summed E-state index contributed by atoms with van der Waals surface area (Å²) in [5.74, 6) is -0.0731. The predicted molar refractivity (Wildman–Crippen MR) is 170 cm³/mol. The molecule has 4 aromatic rings. The quantitative estimate of drug-likeness (QED) is 0.136. The standard InChI is InChI=1S/C33H26Br2N2O6/c1-2-41-29-18-22(17-28(35)30(29)43-20-23-10-6-7-11-27(23)34)16-26-31(38)36-33(40)37(32(26)39)24-12-14-25(15-13-24)42-19-21-8-4-3-5-9-21/h3-18H,2,19-20H2,1H3,(H,36,38,40)/b26-16+. The van der Waals surface area contributed by atoms with E-state index in [2.05, 4.69) is 37.2 Å². The molecule has 0 atom stereocenters. The molecule has 4 aromatic carbocycles. The molecule has 4 amide bonds. The Hall–Kier alpha value is -4.41. The molecule has 0 unspecified atom stereocenters. The van der Waals surface area contributed by atoms with Gasteiger partial charge in [-0.3, -0.25) is 14.9 Å². The smallest absolute Gasteiger partial charge is 0.335 e. The van der Waals surface area contributed by atoms with Gasteiger partial charge in [0.05, 0.1) is 16.8 Å². The second-order valence-corrected chi connectivity index (χ2v) is 11.1. The summed E-state index contributed by atoms with van der Waals surface area (Å²) in [6, 6.07) is 26.5. The van der Waals surface area contributed by atoms with Gasteiger partial charge in [0.2, 0.25) is 0 Å². The second-order valence-electron chi connectivity index (χ2n) is 9.37. The van der Waals surface area contributed by atoms with Crippen molar-refractivity contribution in [3.8, 4) is 17.2 Å². The lowest BCUT2D eigenvalue weighted by atomic mass is 10.1. The third-order valence-corrected chi connectivity index (χ3v) is 7.78. The van der Waals surface area contributed by atoms with Gasteiger partial charge in [0.25, 0.3) is 11.8 Å². The van der Waals surface area contributed by atoms with Crippen molar-refractivity contribution in [2.75, 3.05) is 11.5 Å². The van der Waals surface area contributed by atoms with E-state index in [4.69, 9.17) is 14.2 Å². The number of amides is 4. The molecule has 218 valence electrons. The molecule has 5 rings (SSSR count). The topological polar surface area (TPSA) is 94.2 Å². The van der Waals surface area contributed by atoms with Gasteiger partial charge in [0, 0.05) is 10.0 Å². The van der Waals surface area contributed by atoms with Crippen LogP contribution in [0.5, 0.6) is 17.2 Å². The Morgan fingerprint density at radius 3 is 2.23 bits per heavy atom. The largest absolute Gasteiger partial charge is 0.490 e. The van der Waals surface area contributed by atoms with Crippen molar-refractivity contribution >= 4 is 61.5 Å². The molecular formula is C33H26Br2N2O6. The number of urea groups is 1. The minimum Gasteiger partial charge on any atom is -0.490 e. The van der Waals surface area contributed by atoms with Gasteiger partial charge >= 0.3 is 6.03 Å². The number of anilines is 1. The number of nitrogens with zero attached hydrogens (tertiary/aromatic N) is 1. The van der Waals surface area contributed by atoms with Crippen LogP contribution >= 0.6 is 31.9 Å². The zero-order valence-corrected chi connectivity index (χ0v) is 26.2. The number of ether oxygens (including phenoxy) is 3. The molecule has 0 radical (unpaired) electrons. The van der Waals surface area contributed by atoms with Crippen LogP contribution in [-0.2, 0) is 22.8 Å². The number of benzene rings is 4. The number of carbonyl (C=O) groups excluding carboxylic acids is 3. The fraction of sp³-hybridized carbons (Fsp3) is 0.121. The Morgan fingerprint density at radius 2 is 1.51 bits per heavy atom. The van der Waals surface area contributed by atoms with Gasteiger partial charge in [-0.15, -0.1) is 0 Å². The van der Waals surface area contributed by atoms with E-state index >= 15 is 0 Å². The van der Waals surface area contributed by atoms with E-state index in [1.165, 1.54) is 6.08 Å². The maximum Gasteiger partial charge on any atom is 0.335 e. The molecule has 0 saturated carbocycles. The molecule has 1 aliphatic rings. The lowest BCUT2D eigenvalue weighted by Gasteiger charge is -2.26. The summed E-state index contributed by atoms with van der Waals surface area (Å²) in [6.07, 6.45) is 1.42. The van der Waals surface area contributed by atoms with Crippen LogP contribution in [0.15, 0.2) is 106 Å². The van der Waals surface area contributed by atoms with Crippen LogP contribution in [0.2, 0.25) is 0 Å². The van der Waals surface area contributed by atoms with E-state index in [1.807, 2.05) is 61.5 Å². The maximum atomic E-state index is 13.5. The zero-order chi connectivity index (χ0) is 30.3. The summed E-state index contributed by atoms with van der Waals surface area (Å²) in [5, 5.41) is 2.25. The fourth-order valence-electron chi connectivity index (χ4n) is 4.33. The van der Waals surface area contributed by atoms with Crippen molar-refractivity contribution in [1.29, 1.82) is 0 Å². The molecule has 10 heteroatoms. The van der Waals surface area contributed by atoms with Crippen LogP contribution in [0.25, 0.3) is 6.08 Å². The van der Waals surface area contributed by atoms with Crippen molar-refractivity contribution in [2.24, 2.45) is 0 Å². The predicted octanol–water partition coefficient (Wildman–Crippen LogP) is 7.43. The van der Waals surface area contributed by atoms with Gasteiger partial charge in [-0.1, -0.05) is 64.5 Å². The molecule has 0 spiro atoms. The molecule has 1 N–H and O–H groups in total. The first-order chi connectivity index (χ1) is 20.8. The number of halogens is 2. The number of barbiturate groups is 1. The minimum absolute atomic E-state index is 0.208. The van der Waals surface area contributed by atoms with Crippen molar-refractivity contribution in [2.45, 2.75) is 20.1 Å². The molecule has 8 nitrogen and oxygen atoms in total. The summed E-state index contributed by atoms with van der Waals surface area (Å²) in [5.41, 5.74) is 2.54. The SMILES string of the molecule is CCOc1cc(/C=C2\C(=O)NC(=O)N(c3ccc(OCc4ccccc4)cc3)C2=O)cc(Br)c1OCc1ccccc1Br. The Labute approximate surface area is 265 Å². The van der Waals surface area contributed by atoms with Crippen LogP contribution in [-0.4, -0.2) is 24.5 Å². The van der Waals surface area contributed by atoms with Crippen LogP contribution in [0.4, 0.5) is 10.5 Å². The van der Waals surface area contributed by atoms with E-state index < -0.39 is 17.8 Å². The first-order valence-corrected chi connectivity index (χ1v) is 14.9. The van der Waals surface area contributed by atoms with E-state index in [0.29, 0.717) is 46.2 Å². The molecule has 0 bridgehead atoms. The highest BCUT2D eigenvalue weighted by Gasteiger charge is 2.37. The van der Waals surface area contributed by atoms with E-state index in [9.17, 15) is 14.4 Å². The lowest BCUT2D eigenvalue weighted by Crippen LogP contribution is -2.54. The number of carbonyl (C=O) groups is 3. The summed E-state index contributed by atoms with van der Waals surface area (Å²) in [4.78, 5) is 39.9. The van der Waals surface area contributed by atoms with Crippen molar-refractivity contribution in [3.63, 3.8) is 0 Å². The van der Waals surface area contributed by atoms with Crippen molar-refractivity contribution in [1.82, 2.24) is 5.32 Å². The Bertz CT molecular complexity index is 1690. The molecule has 1 fully saturated rings. The Morgan fingerprint density at radius 1 is 0.791 bits per heavy atom. The third kappa shape index (κ3) is 7.15. The summed E-state index contributed by atoms with van der Waals surface area (Å²) in [6.45, 7) is 2.87. The second kappa shape index (κ2) is 13.7. The molecular weight excluding hydrogens is 680 g/mol. The third-order valence-electron chi connectivity index (χ3n) is 6.42. The highest BCUT2D eigenvalue weighted by atomic mass is 79.9.